The molecule has 0 bridgehead atoms. The largest absolute Gasteiger partial charge is 0.416 e. The molecule has 116 valence electrons. The minimum Gasteiger partial charge on any atom is -0.394 e. The van der Waals surface area contributed by atoms with Crippen LogP contribution in [0.15, 0.2) is 24.3 Å². The molecular formula is C15H18F3NO2. The van der Waals surface area contributed by atoms with Crippen molar-refractivity contribution in [2.75, 3.05) is 6.61 Å². The van der Waals surface area contributed by atoms with Gasteiger partial charge in [0.15, 0.2) is 0 Å². The molecule has 1 unspecified atom stereocenters. The van der Waals surface area contributed by atoms with E-state index in [1.165, 1.54) is 12.1 Å². The molecule has 2 N–H and O–H groups in total. The van der Waals surface area contributed by atoms with Crippen LogP contribution in [-0.2, 0) is 17.4 Å². The Kier molecular flexibility index (Phi) is 4.27. The van der Waals surface area contributed by atoms with E-state index in [9.17, 15) is 23.1 Å². The molecule has 0 heterocycles. The molecule has 0 radical (unpaired) electrons. The fraction of sp³-hybridized carbons (Fsp3) is 0.533. The highest BCUT2D eigenvalue weighted by Gasteiger charge is 2.42. The Hall–Kier alpha value is -1.56. The molecule has 2 rings (SSSR count). The zero-order chi connectivity index (χ0) is 15.7. The molecule has 1 aliphatic rings. The normalized spacial score (nSPS) is 18.1. The summed E-state index contributed by atoms with van der Waals surface area (Å²) in [5, 5.41) is 12.1. The van der Waals surface area contributed by atoms with Gasteiger partial charge in [-0.1, -0.05) is 18.2 Å². The number of benzene rings is 1. The second-order valence-electron chi connectivity index (χ2n) is 5.77. The van der Waals surface area contributed by atoms with Crippen molar-refractivity contribution < 1.29 is 23.1 Å². The van der Waals surface area contributed by atoms with E-state index in [2.05, 4.69) is 5.32 Å². The van der Waals surface area contributed by atoms with Crippen LogP contribution in [-0.4, -0.2) is 23.2 Å². The number of halogens is 3. The topological polar surface area (TPSA) is 49.3 Å². The lowest BCUT2D eigenvalue weighted by molar-refractivity contribution is -0.137. The monoisotopic (exact) mass is 301 g/mol. The number of rotatable bonds is 5. The maximum atomic E-state index is 12.6. The van der Waals surface area contributed by atoms with Gasteiger partial charge in [0.25, 0.3) is 0 Å². The first-order chi connectivity index (χ1) is 9.74. The number of nitrogens with one attached hydrogen (secondary N) is 1. The average Bonchev–Trinajstić information content (AvgIpc) is 3.22. The Morgan fingerprint density at radius 2 is 2.05 bits per heavy atom. The number of aliphatic hydroxyl groups excluding tert-OH is 1. The highest BCUT2D eigenvalue weighted by molar-refractivity contribution is 5.79. The molecule has 1 atom stereocenters. The fourth-order valence-electron chi connectivity index (χ4n) is 2.40. The highest BCUT2D eigenvalue weighted by Crippen LogP contribution is 2.39. The third-order valence-corrected chi connectivity index (χ3v) is 3.85. The van der Waals surface area contributed by atoms with E-state index in [0.29, 0.717) is 5.56 Å². The van der Waals surface area contributed by atoms with Crippen LogP contribution in [0.2, 0.25) is 0 Å². The Bertz CT molecular complexity index is 526. The zero-order valence-electron chi connectivity index (χ0n) is 11.7. The second kappa shape index (κ2) is 5.67. The first-order valence-electron chi connectivity index (χ1n) is 6.82. The van der Waals surface area contributed by atoms with Crippen LogP contribution in [0, 0.1) is 5.92 Å². The van der Waals surface area contributed by atoms with Gasteiger partial charge >= 0.3 is 6.18 Å². The van der Waals surface area contributed by atoms with E-state index in [1.54, 1.807) is 6.92 Å². The summed E-state index contributed by atoms with van der Waals surface area (Å²) in [5.74, 6) is -0.134. The lowest BCUT2D eigenvalue weighted by Crippen LogP contribution is -2.51. The summed E-state index contributed by atoms with van der Waals surface area (Å²) < 4.78 is 37.8. The minimum atomic E-state index is -4.42. The molecule has 1 aromatic carbocycles. The number of aliphatic hydroxyl groups is 1. The van der Waals surface area contributed by atoms with Crippen molar-refractivity contribution in [3.63, 3.8) is 0 Å². The van der Waals surface area contributed by atoms with E-state index in [0.717, 1.165) is 25.0 Å². The van der Waals surface area contributed by atoms with Crippen molar-refractivity contribution in [1.82, 2.24) is 5.32 Å². The molecule has 1 aromatic rings. The predicted molar refractivity (Wildman–Crippen MR) is 71.5 cm³/mol. The summed E-state index contributed by atoms with van der Waals surface area (Å²) in [6.45, 7) is 1.58. The second-order valence-corrected chi connectivity index (χ2v) is 5.77. The molecule has 6 heteroatoms. The van der Waals surface area contributed by atoms with Gasteiger partial charge in [-0.25, -0.2) is 0 Å². The van der Waals surface area contributed by atoms with Gasteiger partial charge in [-0.05, 0) is 37.3 Å². The van der Waals surface area contributed by atoms with Crippen LogP contribution in [0.5, 0.6) is 0 Å². The van der Waals surface area contributed by atoms with Gasteiger partial charge in [0.1, 0.15) is 0 Å². The number of hydrogen-bond acceptors (Lipinski definition) is 2. The lowest BCUT2D eigenvalue weighted by Gasteiger charge is -2.28. The number of amides is 1. The zero-order valence-corrected chi connectivity index (χ0v) is 11.7. The first kappa shape index (κ1) is 15.8. The van der Waals surface area contributed by atoms with Crippen LogP contribution in [0.1, 0.15) is 30.9 Å². The molecule has 0 saturated heterocycles. The van der Waals surface area contributed by atoms with Crippen LogP contribution in [0.25, 0.3) is 0 Å². The van der Waals surface area contributed by atoms with Gasteiger partial charge in [-0.2, -0.15) is 13.2 Å². The fourth-order valence-corrected chi connectivity index (χ4v) is 2.40. The Morgan fingerprint density at radius 1 is 1.38 bits per heavy atom. The van der Waals surface area contributed by atoms with Crippen molar-refractivity contribution in [3.8, 4) is 0 Å². The standard InChI is InChI=1S/C15H18F3NO2/c1-14(9-20,11-5-6-11)19-13(21)8-10-3-2-4-12(7-10)15(16,17)18/h2-4,7,11,20H,5-6,8-9H2,1H3,(H,19,21). The third-order valence-electron chi connectivity index (χ3n) is 3.85. The van der Waals surface area contributed by atoms with Gasteiger partial charge in [-0.3, -0.25) is 4.79 Å². The lowest BCUT2D eigenvalue weighted by atomic mass is 9.96. The number of hydrogen-bond donors (Lipinski definition) is 2. The van der Waals surface area contributed by atoms with Gasteiger partial charge in [0.05, 0.1) is 24.1 Å². The summed E-state index contributed by atoms with van der Waals surface area (Å²) >= 11 is 0. The molecule has 3 nitrogen and oxygen atoms in total. The van der Waals surface area contributed by atoms with Gasteiger partial charge in [-0.15, -0.1) is 0 Å². The molecule has 0 spiro atoms. The van der Waals surface area contributed by atoms with E-state index in [4.69, 9.17) is 0 Å². The van der Waals surface area contributed by atoms with Crippen molar-refractivity contribution in [2.24, 2.45) is 5.92 Å². The molecular weight excluding hydrogens is 283 g/mol. The average molecular weight is 301 g/mol. The SMILES string of the molecule is CC(CO)(NC(=O)Cc1cccc(C(F)(F)F)c1)C1CC1. The van der Waals surface area contributed by atoms with E-state index < -0.39 is 17.3 Å². The Balaban J connectivity index is 2.03. The van der Waals surface area contributed by atoms with Crippen LogP contribution < -0.4 is 5.32 Å². The number of carbonyl (C=O) groups is 1. The molecule has 1 amide bonds. The highest BCUT2D eigenvalue weighted by atomic mass is 19.4. The molecule has 21 heavy (non-hydrogen) atoms. The number of alkyl halides is 3. The van der Waals surface area contributed by atoms with E-state index in [-0.39, 0.29) is 24.9 Å². The molecule has 1 fully saturated rings. The summed E-state index contributed by atoms with van der Waals surface area (Å²) in [6, 6.07) is 4.73. The van der Waals surface area contributed by atoms with Gasteiger partial charge in [0.2, 0.25) is 5.91 Å². The van der Waals surface area contributed by atoms with Crippen molar-refractivity contribution in [2.45, 2.75) is 37.9 Å². The predicted octanol–water partition coefficient (Wildman–Crippen LogP) is 2.53. The van der Waals surface area contributed by atoms with Crippen LogP contribution in [0.4, 0.5) is 13.2 Å². The maximum absolute atomic E-state index is 12.6. The molecule has 1 aliphatic carbocycles. The maximum Gasteiger partial charge on any atom is 0.416 e. The first-order valence-corrected chi connectivity index (χ1v) is 6.82. The third kappa shape index (κ3) is 3.97. The van der Waals surface area contributed by atoms with Gasteiger partial charge in [0, 0.05) is 0 Å². The Labute approximate surface area is 121 Å². The van der Waals surface area contributed by atoms with Crippen molar-refractivity contribution >= 4 is 5.91 Å². The van der Waals surface area contributed by atoms with E-state index >= 15 is 0 Å². The summed E-state index contributed by atoms with van der Waals surface area (Å²) in [7, 11) is 0. The molecule has 0 aromatic heterocycles. The smallest absolute Gasteiger partial charge is 0.394 e. The molecule has 1 saturated carbocycles. The number of carbonyl (C=O) groups excluding carboxylic acids is 1. The summed E-state index contributed by atoms with van der Waals surface area (Å²) in [6.07, 6.45) is -2.66. The summed E-state index contributed by atoms with van der Waals surface area (Å²) in [4.78, 5) is 12.0. The van der Waals surface area contributed by atoms with Crippen molar-refractivity contribution in [3.05, 3.63) is 35.4 Å². The van der Waals surface area contributed by atoms with Gasteiger partial charge < -0.3 is 10.4 Å². The quantitative estimate of drug-likeness (QED) is 0.878. The van der Waals surface area contributed by atoms with Crippen LogP contribution in [0.3, 0.4) is 0 Å². The van der Waals surface area contributed by atoms with Crippen LogP contribution >= 0.6 is 0 Å². The Morgan fingerprint density at radius 3 is 2.57 bits per heavy atom. The van der Waals surface area contributed by atoms with Crippen molar-refractivity contribution in [1.29, 1.82) is 0 Å². The summed E-state index contributed by atoms with van der Waals surface area (Å²) in [5.41, 5.74) is -1.14. The molecule has 0 aliphatic heterocycles. The van der Waals surface area contributed by atoms with E-state index in [1.807, 2.05) is 0 Å². The minimum absolute atomic E-state index is 0.133.